The van der Waals surface area contributed by atoms with Crippen LogP contribution in [0.3, 0.4) is 0 Å². The minimum atomic E-state index is -3.95. The summed E-state index contributed by atoms with van der Waals surface area (Å²) in [4.78, 5) is 13.3. The fourth-order valence-electron chi connectivity index (χ4n) is 1.74. The summed E-state index contributed by atoms with van der Waals surface area (Å²) in [5, 5.41) is 0. The second-order valence-corrected chi connectivity index (χ2v) is 7.76. The minimum Gasteiger partial charge on any atom is -0.444 e. The van der Waals surface area contributed by atoms with Crippen molar-refractivity contribution in [2.45, 2.75) is 39.3 Å². The van der Waals surface area contributed by atoms with Gasteiger partial charge in [-0.25, -0.2) is 4.79 Å². The van der Waals surface area contributed by atoms with Crippen LogP contribution in [0.4, 0.5) is 4.79 Å². The molecular formula is C15H23NO5S. The van der Waals surface area contributed by atoms with Crippen LogP contribution in [0.2, 0.25) is 0 Å². The summed E-state index contributed by atoms with van der Waals surface area (Å²) in [7, 11) is -2.30. The van der Waals surface area contributed by atoms with E-state index in [2.05, 4.69) is 0 Å². The van der Waals surface area contributed by atoms with Crippen molar-refractivity contribution in [2.24, 2.45) is 0 Å². The maximum atomic E-state index is 11.9. The molecule has 1 amide bonds. The Morgan fingerprint density at radius 1 is 1.18 bits per heavy atom. The first-order valence-corrected chi connectivity index (χ1v) is 8.54. The molecule has 1 N–H and O–H groups in total. The molecule has 0 unspecified atom stereocenters. The van der Waals surface area contributed by atoms with E-state index in [4.69, 9.17) is 9.29 Å². The maximum Gasteiger partial charge on any atom is 0.410 e. The van der Waals surface area contributed by atoms with Gasteiger partial charge in [-0.15, -0.1) is 0 Å². The molecule has 124 valence electrons. The van der Waals surface area contributed by atoms with Crippen LogP contribution >= 0.6 is 0 Å². The molecule has 7 heteroatoms. The van der Waals surface area contributed by atoms with Gasteiger partial charge in [0.15, 0.2) is 0 Å². The number of carbonyl (C=O) groups is 1. The lowest BCUT2D eigenvalue weighted by Gasteiger charge is -2.24. The Balaban J connectivity index is 2.58. The number of amides is 1. The van der Waals surface area contributed by atoms with E-state index in [0.29, 0.717) is 6.54 Å². The summed E-state index contributed by atoms with van der Waals surface area (Å²) in [6.07, 6.45) is -0.149. The van der Waals surface area contributed by atoms with Gasteiger partial charge in [0.05, 0.1) is 5.75 Å². The van der Waals surface area contributed by atoms with Gasteiger partial charge in [-0.1, -0.05) is 24.3 Å². The Labute approximate surface area is 131 Å². The number of hydrogen-bond acceptors (Lipinski definition) is 4. The highest BCUT2D eigenvalue weighted by Crippen LogP contribution is 2.12. The minimum absolute atomic E-state index is 0.251. The van der Waals surface area contributed by atoms with E-state index in [1.807, 2.05) is 32.9 Å². The Hall–Kier alpha value is -1.60. The van der Waals surface area contributed by atoms with Gasteiger partial charge >= 0.3 is 6.09 Å². The lowest BCUT2D eigenvalue weighted by molar-refractivity contribution is 0.0285. The molecule has 0 aliphatic heterocycles. The summed E-state index contributed by atoms with van der Waals surface area (Å²) in [5.41, 5.74) is 1.18. The summed E-state index contributed by atoms with van der Waals surface area (Å²) >= 11 is 0. The van der Waals surface area contributed by atoms with E-state index < -0.39 is 21.8 Å². The highest BCUT2D eigenvalue weighted by molar-refractivity contribution is 7.85. The van der Waals surface area contributed by atoms with Gasteiger partial charge in [0.25, 0.3) is 10.1 Å². The molecule has 1 aromatic carbocycles. The predicted octanol–water partition coefficient (Wildman–Crippen LogP) is 2.48. The molecule has 0 aliphatic carbocycles. The molecule has 0 fully saturated rings. The van der Waals surface area contributed by atoms with E-state index in [1.165, 1.54) is 4.90 Å². The fraction of sp³-hybridized carbons (Fsp3) is 0.533. The first-order chi connectivity index (χ1) is 9.96. The lowest BCUT2D eigenvalue weighted by atomic mass is 10.1. The van der Waals surface area contributed by atoms with Gasteiger partial charge in [-0.05, 0) is 38.3 Å². The van der Waals surface area contributed by atoms with Crippen molar-refractivity contribution in [3.8, 4) is 0 Å². The second kappa shape index (κ2) is 7.11. The summed E-state index contributed by atoms with van der Waals surface area (Å²) in [6, 6.07) is 7.20. The third-order valence-corrected chi connectivity index (χ3v) is 3.52. The van der Waals surface area contributed by atoms with Crippen molar-refractivity contribution in [1.82, 2.24) is 4.90 Å². The molecule has 1 aromatic rings. The van der Waals surface area contributed by atoms with Crippen LogP contribution in [0.1, 0.15) is 31.9 Å². The topological polar surface area (TPSA) is 83.9 Å². The smallest absolute Gasteiger partial charge is 0.410 e. The SMILES string of the molecule is CN(Cc1ccc(CCS(=O)(=O)O)cc1)C(=O)OC(C)(C)C. The number of ether oxygens (including phenoxy) is 1. The van der Waals surface area contributed by atoms with Crippen LogP contribution < -0.4 is 0 Å². The highest BCUT2D eigenvalue weighted by atomic mass is 32.2. The Bertz CT molecular complexity index is 602. The standard InChI is InChI=1S/C15H23NO5S/c1-15(2,3)21-14(17)16(4)11-13-7-5-12(6-8-13)9-10-22(18,19)20/h5-8H,9-11H2,1-4H3,(H,18,19,20). The highest BCUT2D eigenvalue weighted by Gasteiger charge is 2.19. The van der Waals surface area contributed by atoms with Crippen molar-refractivity contribution >= 4 is 16.2 Å². The van der Waals surface area contributed by atoms with Crippen molar-refractivity contribution in [2.75, 3.05) is 12.8 Å². The molecule has 0 radical (unpaired) electrons. The van der Waals surface area contributed by atoms with Crippen LogP contribution in [-0.2, 0) is 27.8 Å². The number of hydrogen-bond donors (Lipinski definition) is 1. The average molecular weight is 329 g/mol. The van der Waals surface area contributed by atoms with E-state index in [1.54, 1.807) is 19.2 Å². The third-order valence-electron chi connectivity index (χ3n) is 2.80. The van der Waals surface area contributed by atoms with Crippen LogP contribution in [-0.4, -0.2) is 42.4 Å². The Morgan fingerprint density at radius 2 is 1.68 bits per heavy atom. The van der Waals surface area contributed by atoms with E-state index in [-0.39, 0.29) is 12.2 Å². The zero-order valence-electron chi connectivity index (χ0n) is 13.4. The Morgan fingerprint density at radius 3 is 2.14 bits per heavy atom. The molecular weight excluding hydrogens is 306 g/mol. The molecule has 0 heterocycles. The number of benzene rings is 1. The van der Waals surface area contributed by atoms with Crippen molar-refractivity contribution < 1.29 is 22.5 Å². The molecule has 1 rings (SSSR count). The van der Waals surface area contributed by atoms with Crippen LogP contribution in [0.25, 0.3) is 0 Å². The lowest BCUT2D eigenvalue weighted by Crippen LogP contribution is -2.33. The molecule has 6 nitrogen and oxygen atoms in total. The van der Waals surface area contributed by atoms with Crippen LogP contribution in [0.15, 0.2) is 24.3 Å². The quantitative estimate of drug-likeness (QED) is 0.839. The number of aryl methyl sites for hydroxylation is 1. The van der Waals surface area contributed by atoms with E-state index in [9.17, 15) is 13.2 Å². The predicted molar refractivity (Wildman–Crippen MR) is 84.3 cm³/mol. The Kier molecular flexibility index (Phi) is 5.96. The number of carbonyl (C=O) groups excluding carboxylic acids is 1. The summed E-state index contributed by atoms with van der Waals surface area (Å²) < 4.78 is 35.4. The molecule has 0 saturated heterocycles. The molecule has 0 saturated carbocycles. The third kappa shape index (κ3) is 7.42. The van der Waals surface area contributed by atoms with Gasteiger partial charge in [0, 0.05) is 13.6 Å². The first-order valence-electron chi connectivity index (χ1n) is 6.93. The van der Waals surface area contributed by atoms with Crippen molar-refractivity contribution in [3.05, 3.63) is 35.4 Å². The van der Waals surface area contributed by atoms with Gasteiger partial charge in [0.2, 0.25) is 0 Å². The zero-order chi connectivity index (χ0) is 17.0. The van der Waals surface area contributed by atoms with E-state index >= 15 is 0 Å². The van der Waals surface area contributed by atoms with Crippen LogP contribution in [0, 0.1) is 0 Å². The first kappa shape index (κ1) is 18.4. The van der Waals surface area contributed by atoms with Gasteiger partial charge in [0.1, 0.15) is 5.60 Å². The molecule has 0 atom stereocenters. The number of nitrogens with zero attached hydrogens (tertiary/aromatic N) is 1. The zero-order valence-corrected chi connectivity index (χ0v) is 14.2. The molecule has 0 aliphatic rings. The van der Waals surface area contributed by atoms with Gasteiger partial charge in [-0.2, -0.15) is 8.42 Å². The van der Waals surface area contributed by atoms with Crippen molar-refractivity contribution in [3.63, 3.8) is 0 Å². The monoisotopic (exact) mass is 329 g/mol. The summed E-state index contributed by atoms with van der Waals surface area (Å²) in [6.45, 7) is 5.82. The normalized spacial score (nSPS) is 12.0. The average Bonchev–Trinajstić information content (AvgIpc) is 2.35. The second-order valence-electron chi connectivity index (χ2n) is 6.19. The van der Waals surface area contributed by atoms with Gasteiger partial charge in [-0.3, -0.25) is 4.55 Å². The van der Waals surface area contributed by atoms with Gasteiger partial charge < -0.3 is 9.64 Å². The number of rotatable bonds is 5. The van der Waals surface area contributed by atoms with E-state index in [0.717, 1.165) is 11.1 Å². The molecule has 0 aromatic heterocycles. The van der Waals surface area contributed by atoms with Crippen molar-refractivity contribution in [1.29, 1.82) is 0 Å². The molecule has 0 spiro atoms. The largest absolute Gasteiger partial charge is 0.444 e. The van der Waals surface area contributed by atoms with Crippen LogP contribution in [0.5, 0.6) is 0 Å². The fourth-order valence-corrected chi connectivity index (χ4v) is 2.23. The molecule has 22 heavy (non-hydrogen) atoms. The summed E-state index contributed by atoms with van der Waals surface area (Å²) in [5.74, 6) is -0.301. The molecule has 0 bridgehead atoms. The maximum absolute atomic E-state index is 11.9.